The van der Waals surface area contributed by atoms with Crippen LogP contribution >= 0.6 is 0 Å². The molecule has 5 aromatic rings. The Morgan fingerprint density at radius 2 is 1.58 bits per heavy atom. The number of benzene rings is 4. The van der Waals surface area contributed by atoms with Crippen LogP contribution < -0.4 is 5.43 Å². The third-order valence-electron chi connectivity index (χ3n) is 5.37. The summed E-state index contributed by atoms with van der Waals surface area (Å²) in [5, 5.41) is 16.0. The van der Waals surface area contributed by atoms with Crippen molar-refractivity contribution in [3.8, 4) is 11.3 Å². The Balaban J connectivity index is 1.36. The van der Waals surface area contributed by atoms with Crippen LogP contribution in [-0.4, -0.2) is 21.8 Å². The summed E-state index contributed by atoms with van der Waals surface area (Å²) >= 11 is 0. The summed E-state index contributed by atoms with van der Waals surface area (Å²) in [6.45, 7) is 1.88. The molecule has 2 N–H and O–H groups in total. The highest BCUT2D eigenvalue weighted by Crippen LogP contribution is 2.23. The molecule has 150 valence electrons. The molecule has 1 aromatic heterocycles. The third kappa shape index (κ3) is 3.69. The van der Waals surface area contributed by atoms with Crippen molar-refractivity contribution in [1.82, 2.24) is 15.6 Å². The first-order chi connectivity index (χ1) is 15.2. The first-order valence-electron chi connectivity index (χ1n) is 10.1. The Hall–Kier alpha value is -4.25. The first kappa shape index (κ1) is 18.8. The lowest BCUT2D eigenvalue weighted by Gasteiger charge is -2.06. The maximum absolute atomic E-state index is 12.6. The molecule has 5 heteroatoms. The van der Waals surface area contributed by atoms with Crippen molar-refractivity contribution in [2.24, 2.45) is 5.10 Å². The minimum absolute atomic E-state index is 0.334. The molecule has 0 radical (unpaired) electrons. The van der Waals surface area contributed by atoms with E-state index in [9.17, 15) is 4.79 Å². The molecular formula is C26H20N4O. The fourth-order valence-electron chi connectivity index (χ4n) is 3.73. The Labute approximate surface area is 179 Å². The molecule has 4 aromatic carbocycles. The average molecular weight is 404 g/mol. The van der Waals surface area contributed by atoms with Crippen molar-refractivity contribution in [3.05, 3.63) is 102 Å². The average Bonchev–Trinajstić information content (AvgIpc) is 3.32. The van der Waals surface area contributed by atoms with E-state index in [1.165, 1.54) is 0 Å². The van der Waals surface area contributed by atoms with Crippen LogP contribution in [0.5, 0.6) is 0 Å². The van der Waals surface area contributed by atoms with Gasteiger partial charge < -0.3 is 0 Å². The number of nitrogens with one attached hydrogen (secondary N) is 2. The summed E-state index contributed by atoms with van der Waals surface area (Å²) in [5.41, 5.74) is 6.38. The fourth-order valence-corrected chi connectivity index (χ4v) is 3.73. The number of hydrogen-bond acceptors (Lipinski definition) is 3. The predicted molar refractivity (Wildman–Crippen MR) is 125 cm³/mol. The number of rotatable bonds is 4. The zero-order valence-electron chi connectivity index (χ0n) is 17.0. The van der Waals surface area contributed by atoms with Crippen molar-refractivity contribution < 1.29 is 4.79 Å². The monoisotopic (exact) mass is 404 g/mol. The van der Waals surface area contributed by atoms with E-state index in [4.69, 9.17) is 0 Å². The van der Waals surface area contributed by atoms with Crippen LogP contribution in [0.15, 0.2) is 96.1 Å². The van der Waals surface area contributed by atoms with Gasteiger partial charge in [0.2, 0.25) is 0 Å². The summed E-state index contributed by atoms with van der Waals surface area (Å²) in [6.07, 6.45) is 0. The van der Waals surface area contributed by atoms with E-state index in [0.717, 1.165) is 38.4 Å². The maximum atomic E-state index is 12.6. The molecule has 0 saturated carbocycles. The van der Waals surface area contributed by atoms with Gasteiger partial charge in [-0.2, -0.15) is 10.2 Å². The van der Waals surface area contributed by atoms with Gasteiger partial charge >= 0.3 is 0 Å². The molecule has 0 saturated heterocycles. The van der Waals surface area contributed by atoms with Gasteiger partial charge in [-0.3, -0.25) is 9.89 Å². The Bertz CT molecular complexity index is 1440. The molecule has 0 aliphatic rings. The molecule has 5 rings (SSSR count). The summed E-state index contributed by atoms with van der Waals surface area (Å²) in [5.74, 6) is -0.334. The second-order valence-corrected chi connectivity index (χ2v) is 7.39. The number of amides is 1. The Morgan fingerprint density at radius 3 is 2.45 bits per heavy atom. The van der Waals surface area contributed by atoms with Gasteiger partial charge in [-0.15, -0.1) is 0 Å². The van der Waals surface area contributed by atoms with Crippen molar-refractivity contribution >= 4 is 33.2 Å². The van der Waals surface area contributed by atoms with Crippen LogP contribution in [-0.2, 0) is 0 Å². The number of nitrogens with zero attached hydrogens (tertiary/aromatic N) is 2. The molecule has 0 aliphatic heterocycles. The molecule has 0 bridgehead atoms. The molecule has 0 aliphatic carbocycles. The van der Waals surface area contributed by atoms with E-state index in [0.29, 0.717) is 11.4 Å². The van der Waals surface area contributed by atoms with Crippen molar-refractivity contribution in [1.29, 1.82) is 0 Å². The first-order valence-corrected chi connectivity index (χ1v) is 10.1. The number of fused-ring (bicyclic) bond motifs is 2. The van der Waals surface area contributed by atoms with Gasteiger partial charge in [0.1, 0.15) is 5.69 Å². The van der Waals surface area contributed by atoms with E-state index in [1.807, 2.05) is 49.4 Å². The second-order valence-electron chi connectivity index (χ2n) is 7.39. The molecule has 0 atom stereocenters. The van der Waals surface area contributed by atoms with Gasteiger partial charge in [-0.1, -0.05) is 78.9 Å². The van der Waals surface area contributed by atoms with Gasteiger partial charge in [0.15, 0.2) is 0 Å². The quantitative estimate of drug-likeness (QED) is 0.305. The minimum atomic E-state index is -0.334. The van der Waals surface area contributed by atoms with Gasteiger partial charge in [0.05, 0.1) is 11.4 Å². The molecule has 0 spiro atoms. The summed E-state index contributed by atoms with van der Waals surface area (Å²) < 4.78 is 0. The number of aromatic nitrogens is 2. The zero-order valence-corrected chi connectivity index (χ0v) is 17.0. The number of hydrogen-bond donors (Lipinski definition) is 2. The lowest BCUT2D eigenvalue weighted by Crippen LogP contribution is -2.19. The van der Waals surface area contributed by atoms with E-state index in [2.05, 4.69) is 63.2 Å². The molecule has 1 heterocycles. The summed E-state index contributed by atoms with van der Waals surface area (Å²) in [7, 11) is 0. The standard InChI is InChI=1S/C26H20N4O/c1-17(22-12-6-10-19-8-4-5-11-23(19)22)27-30-26(31)25-16-24(28-29-25)21-14-13-18-7-2-3-9-20(18)15-21/h2-16H,1H3,(H,28,29)(H,30,31). The predicted octanol–water partition coefficient (Wildman–Crippen LogP) is 5.54. The van der Waals surface area contributed by atoms with Crippen molar-refractivity contribution in [2.45, 2.75) is 6.92 Å². The van der Waals surface area contributed by atoms with Crippen LogP contribution in [0, 0.1) is 0 Å². The zero-order chi connectivity index (χ0) is 21.2. The Kier molecular flexibility index (Phi) is 4.77. The smallest absolute Gasteiger partial charge is 0.272 e. The number of H-pyrrole nitrogens is 1. The number of aromatic amines is 1. The van der Waals surface area contributed by atoms with Crippen molar-refractivity contribution in [3.63, 3.8) is 0 Å². The molecule has 0 fully saturated rings. The van der Waals surface area contributed by atoms with E-state index in [-0.39, 0.29) is 5.91 Å². The van der Waals surface area contributed by atoms with Gasteiger partial charge in [0.25, 0.3) is 5.91 Å². The van der Waals surface area contributed by atoms with Gasteiger partial charge in [0, 0.05) is 11.1 Å². The normalized spacial score (nSPS) is 11.7. The second kappa shape index (κ2) is 7.88. The largest absolute Gasteiger partial charge is 0.289 e. The maximum Gasteiger partial charge on any atom is 0.289 e. The van der Waals surface area contributed by atoms with Crippen molar-refractivity contribution in [2.75, 3.05) is 0 Å². The van der Waals surface area contributed by atoms with Crippen LogP contribution in [0.1, 0.15) is 23.0 Å². The molecule has 5 nitrogen and oxygen atoms in total. The highest BCUT2D eigenvalue weighted by Gasteiger charge is 2.12. The number of carbonyl (C=O) groups excluding carboxylic acids is 1. The van der Waals surface area contributed by atoms with Crippen LogP contribution in [0.2, 0.25) is 0 Å². The van der Waals surface area contributed by atoms with E-state index >= 15 is 0 Å². The lowest BCUT2D eigenvalue weighted by molar-refractivity contribution is 0.0950. The fraction of sp³-hybridized carbons (Fsp3) is 0.0385. The third-order valence-corrected chi connectivity index (χ3v) is 5.37. The van der Waals surface area contributed by atoms with Crippen LogP contribution in [0.3, 0.4) is 0 Å². The summed E-state index contributed by atoms with van der Waals surface area (Å²) in [4.78, 5) is 12.6. The molecule has 0 unspecified atom stereocenters. The topological polar surface area (TPSA) is 70.1 Å². The minimum Gasteiger partial charge on any atom is -0.272 e. The van der Waals surface area contributed by atoms with Gasteiger partial charge in [-0.25, -0.2) is 5.43 Å². The summed E-state index contributed by atoms with van der Waals surface area (Å²) in [6, 6.07) is 30.2. The molecular weight excluding hydrogens is 384 g/mol. The van der Waals surface area contributed by atoms with Crippen LogP contribution in [0.4, 0.5) is 0 Å². The molecule has 31 heavy (non-hydrogen) atoms. The number of hydrazone groups is 1. The Morgan fingerprint density at radius 1 is 0.839 bits per heavy atom. The lowest BCUT2D eigenvalue weighted by atomic mass is 10.0. The molecule has 1 amide bonds. The van der Waals surface area contributed by atoms with E-state index in [1.54, 1.807) is 6.07 Å². The SMILES string of the molecule is CC(=NNC(=O)c1cc(-c2ccc3ccccc3c2)n[nH]1)c1cccc2ccccc12. The number of carbonyl (C=O) groups is 1. The van der Waals surface area contributed by atoms with E-state index < -0.39 is 0 Å². The highest BCUT2D eigenvalue weighted by atomic mass is 16.2. The van der Waals surface area contributed by atoms with Gasteiger partial charge in [-0.05, 0) is 40.6 Å². The van der Waals surface area contributed by atoms with Crippen LogP contribution in [0.25, 0.3) is 32.8 Å². The highest BCUT2D eigenvalue weighted by molar-refractivity contribution is 6.10.